The third-order valence-electron chi connectivity index (χ3n) is 4.08. The maximum absolute atomic E-state index is 12.3. The van der Waals surface area contributed by atoms with Gasteiger partial charge in [-0.05, 0) is 34.7 Å². The van der Waals surface area contributed by atoms with E-state index in [4.69, 9.17) is 0 Å². The molecule has 1 aliphatic carbocycles. The lowest BCUT2D eigenvalue weighted by atomic mass is 9.89. The highest BCUT2D eigenvalue weighted by atomic mass is 79.9. The predicted octanol–water partition coefficient (Wildman–Crippen LogP) is 2.80. The van der Waals surface area contributed by atoms with Crippen molar-refractivity contribution in [2.75, 3.05) is 6.54 Å². The molecule has 0 saturated heterocycles. The van der Waals surface area contributed by atoms with E-state index in [0.717, 1.165) is 12.8 Å². The highest BCUT2D eigenvalue weighted by Gasteiger charge is 2.21. The Balaban J connectivity index is 1.80. The molecule has 0 aromatic carbocycles. The summed E-state index contributed by atoms with van der Waals surface area (Å²) in [6.07, 6.45) is 8.90. The van der Waals surface area contributed by atoms with Crippen molar-refractivity contribution in [3.63, 3.8) is 0 Å². The Hall–Kier alpha value is -1.76. The van der Waals surface area contributed by atoms with Gasteiger partial charge in [-0.3, -0.25) is 4.79 Å². The molecule has 1 amide bonds. The zero-order valence-corrected chi connectivity index (χ0v) is 13.6. The summed E-state index contributed by atoms with van der Waals surface area (Å²) in [6, 6.07) is 0. The maximum atomic E-state index is 12.3. The van der Waals surface area contributed by atoms with Crippen LogP contribution in [0.3, 0.4) is 0 Å². The lowest BCUT2D eigenvalue weighted by Crippen LogP contribution is -2.31. The molecule has 1 saturated carbocycles. The number of pyridine rings is 1. The number of fused-ring (bicyclic) bond motifs is 1. The molecule has 0 aliphatic heterocycles. The first-order valence-electron chi connectivity index (χ1n) is 7.43. The van der Waals surface area contributed by atoms with Crippen LogP contribution in [0, 0.1) is 5.92 Å². The number of carbonyl (C=O) groups excluding carboxylic acids is 1. The minimum Gasteiger partial charge on any atom is -0.504 e. The number of amides is 1. The van der Waals surface area contributed by atoms with Gasteiger partial charge in [0.25, 0.3) is 5.91 Å². The molecule has 3 rings (SSSR count). The second-order valence-corrected chi connectivity index (χ2v) is 6.35. The zero-order valence-electron chi connectivity index (χ0n) is 12.0. The lowest BCUT2D eigenvalue weighted by molar-refractivity contribution is 0.0935. The number of rotatable bonds is 3. The zero-order chi connectivity index (χ0) is 15.5. The number of hydrogen-bond acceptors (Lipinski definition) is 5. The summed E-state index contributed by atoms with van der Waals surface area (Å²) in [4.78, 5) is 24.4. The average molecular weight is 365 g/mol. The smallest absolute Gasteiger partial charge is 0.273 e. The van der Waals surface area contributed by atoms with E-state index in [1.165, 1.54) is 25.6 Å². The Morgan fingerprint density at radius 3 is 2.91 bits per heavy atom. The number of aromatic nitrogens is 3. The number of nitrogens with one attached hydrogen (secondary N) is 1. The maximum Gasteiger partial charge on any atom is 0.273 e. The third-order valence-corrected chi connectivity index (χ3v) is 4.69. The van der Waals surface area contributed by atoms with Crippen LogP contribution in [0.15, 0.2) is 17.1 Å². The Morgan fingerprint density at radius 2 is 2.14 bits per heavy atom. The van der Waals surface area contributed by atoms with Crippen molar-refractivity contribution in [1.29, 1.82) is 0 Å². The van der Waals surface area contributed by atoms with Crippen molar-refractivity contribution in [2.24, 2.45) is 5.92 Å². The van der Waals surface area contributed by atoms with E-state index < -0.39 is 0 Å². The van der Waals surface area contributed by atoms with Gasteiger partial charge >= 0.3 is 0 Å². The second-order valence-electron chi connectivity index (χ2n) is 5.60. The summed E-state index contributed by atoms with van der Waals surface area (Å²) in [5.74, 6) is -0.0582. The molecular weight excluding hydrogens is 348 g/mol. The standard InChI is InChI=1S/C15H17BrN4O2/c16-14-10-7-17-8-19-11(10)13(21)12(20-14)15(22)18-6-9-4-2-1-3-5-9/h7-9,21H,1-6H2,(H,18,22). The molecule has 2 aromatic heterocycles. The fraction of sp³-hybridized carbons (Fsp3) is 0.467. The molecule has 1 aliphatic rings. The highest BCUT2D eigenvalue weighted by Crippen LogP contribution is 2.30. The van der Waals surface area contributed by atoms with Crippen molar-refractivity contribution in [3.05, 3.63) is 22.8 Å². The van der Waals surface area contributed by atoms with E-state index in [0.29, 0.717) is 28.0 Å². The molecule has 0 spiro atoms. The number of nitrogens with zero attached hydrogens (tertiary/aromatic N) is 3. The van der Waals surface area contributed by atoms with Gasteiger partial charge in [-0.15, -0.1) is 0 Å². The van der Waals surface area contributed by atoms with E-state index in [9.17, 15) is 9.90 Å². The minimum atomic E-state index is -0.371. The first-order valence-corrected chi connectivity index (χ1v) is 8.22. The molecule has 0 unspecified atom stereocenters. The van der Waals surface area contributed by atoms with Gasteiger partial charge in [-0.25, -0.2) is 15.0 Å². The molecule has 1 fully saturated rings. The normalized spacial score (nSPS) is 15.9. The Kier molecular flexibility index (Phi) is 4.52. The van der Waals surface area contributed by atoms with E-state index in [-0.39, 0.29) is 17.4 Å². The summed E-state index contributed by atoms with van der Waals surface area (Å²) in [5, 5.41) is 13.7. The summed E-state index contributed by atoms with van der Waals surface area (Å²) in [6.45, 7) is 0.624. The van der Waals surface area contributed by atoms with Crippen molar-refractivity contribution in [2.45, 2.75) is 32.1 Å². The summed E-state index contributed by atoms with van der Waals surface area (Å²) < 4.78 is 0.448. The molecule has 0 atom stereocenters. The minimum absolute atomic E-state index is 0.00566. The number of halogens is 1. The van der Waals surface area contributed by atoms with Crippen LogP contribution >= 0.6 is 15.9 Å². The third kappa shape index (κ3) is 3.04. The van der Waals surface area contributed by atoms with Gasteiger partial charge in [0, 0.05) is 12.7 Å². The number of hydrogen-bond donors (Lipinski definition) is 2. The van der Waals surface area contributed by atoms with Crippen LogP contribution in [-0.4, -0.2) is 32.5 Å². The monoisotopic (exact) mass is 364 g/mol. The van der Waals surface area contributed by atoms with E-state index in [1.54, 1.807) is 6.20 Å². The highest BCUT2D eigenvalue weighted by molar-refractivity contribution is 9.10. The number of carbonyl (C=O) groups is 1. The molecule has 116 valence electrons. The van der Waals surface area contributed by atoms with Gasteiger partial charge in [0.2, 0.25) is 0 Å². The Labute approximate surface area is 136 Å². The van der Waals surface area contributed by atoms with Crippen molar-refractivity contribution in [1.82, 2.24) is 20.3 Å². The molecular formula is C15H17BrN4O2. The molecule has 0 bridgehead atoms. The average Bonchev–Trinajstić information content (AvgIpc) is 2.57. The quantitative estimate of drug-likeness (QED) is 0.817. The van der Waals surface area contributed by atoms with Crippen molar-refractivity contribution in [3.8, 4) is 5.75 Å². The molecule has 2 aromatic rings. The van der Waals surface area contributed by atoms with Crippen LogP contribution in [-0.2, 0) is 0 Å². The van der Waals surface area contributed by atoms with Crippen LogP contribution in [0.1, 0.15) is 42.6 Å². The van der Waals surface area contributed by atoms with E-state index >= 15 is 0 Å². The van der Waals surface area contributed by atoms with Crippen LogP contribution in [0.5, 0.6) is 5.75 Å². The lowest BCUT2D eigenvalue weighted by Gasteiger charge is -2.21. The topological polar surface area (TPSA) is 88.0 Å². The van der Waals surface area contributed by atoms with Gasteiger partial charge in [0.1, 0.15) is 16.4 Å². The van der Waals surface area contributed by atoms with Crippen molar-refractivity contribution < 1.29 is 9.90 Å². The summed E-state index contributed by atoms with van der Waals surface area (Å²) in [5.41, 5.74) is 0.313. The van der Waals surface area contributed by atoms with Crippen LogP contribution < -0.4 is 5.32 Å². The second kappa shape index (κ2) is 6.56. The van der Waals surface area contributed by atoms with Gasteiger partial charge in [-0.2, -0.15) is 0 Å². The van der Waals surface area contributed by atoms with Crippen LogP contribution in [0.4, 0.5) is 0 Å². The molecule has 6 nitrogen and oxygen atoms in total. The molecule has 2 heterocycles. The van der Waals surface area contributed by atoms with E-state index in [2.05, 4.69) is 36.2 Å². The van der Waals surface area contributed by atoms with Gasteiger partial charge < -0.3 is 10.4 Å². The number of aromatic hydroxyl groups is 1. The molecule has 7 heteroatoms. The van der Waals surface area contributed by atoms with Crippen LogP contribution in [0.25, 0.3) is 10.9 Å². The fourth-order valence-electron chi connectivity index (χ4n) is 2.86. The van der Waals surface area contributed by atoms with Gasteiger partial charge in [-0.1, -0.05) is 19.3 Å². The first kappa shape index (κ1) is 15.1. The van der Waals surface area contributed by atoms with Gasteiger partial charge in [0.15, 0.2) is 11.4 Å². The predicted molar refractivity (Wildman–Crippen MR) is 85.6 cm³/mol. The summed E-state index contributed by atoms with van der Waals surface area (Å²) >= 11 is 3.30. The largest absolute Gasteiger partial charge is 0.504 e. The Morgan fingerprint density at radius 1 is 1.36 bits per heavy atom. The van der Waals surface area contributed by atoms with Gasteiger partial charge in [0.05, 0.1) is 5.39 Å². The fourth-order valence-corrected chi connectivity index (χ4v) is 3.33. The molecule has 0 radical (unpaired) electrons. The van der Waals surface area contributed by atoms with Crippen molar-refractivity contribution >= 4 is 32.7 Å². The molecule has 2 N–H and O–H groups in total. The molecule has 22 heavy (non-hydrogen) atoms. The first-order chi connectivity index (χ1) is 10.7. The Bertz CT molecular complexity index is 701. The SMILES string of the molecule is O=C(NCC1CCCCC1)c1nc(Br)c2cncnc2c1O. The van der Waals surface area contributed by atoms with E-state index in [1.807, 2.05) is 0 Å². The summed E-state index contributed by atoms with van der Waals surface area (Å²) in [7, 11) is 0. The van der Waals surface area contributed by atoms with Crippen LogP contribution in [0.2, 0.25) is 0 Å².